The van der Waals surface area contributed by atoms with Gasteiger partial charge in [0, 0.05) is 35.8 Å². The first-order chi connectivity index (χ1) is 14.1. The van der Waals surface area contributed by atoms with Gasteiger partial charge in [-0.05, 0) is 35.2 Å². The van der Waals surface area contributed by atoms with Crippen LogP contribution in [0.3, 0.4) is 0 Å². The fourth-order valence-corrected chi connectivity index (χ4v) is 4.43. The van der Waals surface area contributed by atoms with Crippen molar-refractivity contribution in [2.45, 2.75) is 18.9 Å². The molecule has 1 amide bonds. The van der Waals surface area contributed by atoms with Crippen molar-refractivity contribution in [1.29, 1.82) is 0 Å². The molecule has 0 bridgehead atoms. The lowest BCUT2D eigenvalue weighted by molar-refractivity contribution is -0.384. The molecule has 144 valence electrons. The molecule has 1 atom stereocenters. The number of non-ortho nitro benzene ring substituents is 1. The zero-order valence-electron chi connectivity index (χ0n) is 15.7. The molecule has 0 saturated carbocycles. The molecule has 1 unspecified atom stereocenters. The van der Waals surface area contributed by atoms with Crippen LogP contribution in [0, 0.1) is 10.1 Å². The molecule has 6 nitrogen and oxygen atoms in total. The van der Waals surface area contributed by atoms with Crippen LogP contribution >= 0.6 is 0 Å². The Bertz CT molecular complexity index is 1260. The number of carbonyl (C=O) groups excluding carboxylic acids is 1. The summed E-state index contributed by atoms with van der Waals surface area (Å²) in [5.74, 6) is -0.0906. The average molecular weight is 385 g/mol. The molecule has 0 radical (unpaired) electrons. The highest BCUT2D eigenvalue weighted by Gasteiger charge is 2.32. The third-order valence-corrected chi connectivity index (χ3v) is 5.80. The quantitative estimate of drug-likeness (QED) is 0.388. The summed E-state index contributed by atoms with van der Waals surface area (Å²) in [6.45, 7) is 0.675. The standard InChI is InChI=1S/C23H19N3O3/c27-23(20-14-24-21-11-10-16(26(28)29)13-19(20)21)25-12-4-9-22(25)18-8-3-6-15-5-1-2-7-17(15)18/h1-3,5-8,10-11,13-14,22,24H,4,9,12H2. The second-order valence-electron chi connectivity index (χ2n) is 7.41. The second-order valence-corrected chi connectivity index (χ2v) is 7.41. The van der Waals surface area contributed by atoms with Crippen molar-refractivity contribution in [3.63, 3.8) is 0 Å². The Morgan fingerprint density at radius 3 is 2.76 bits per heavy atom. The van der Waals surface area contributed by atoms with E-state index in [1.165, 1.54) is 12.1 Å². The Morgan fingerprint density at radius 2 is 1.90 bits per heavy atom. The predicted octanol–water partition coefficient (Wildman–Crippen LogP) is 5.21. The number of carbonyl (C=O) groups is 1. The summed E-state index contributed by atoms with van der Waals surface area (Å²) >= 11 is 0. The topological polar surface area (TPSA) is 79.2 Å². The summed E-state index contributed by atoms with van der Waals surface area (Å²) in [4.78, 5) is 29.2. The van der Waals surface area contributed by atoms with Crippen LogP contribution in [0.15, 0.2) is 66.9 Å². The van der Waals surface area contributed by atoms with Gasteiger partial charge in [-0.3, -0.25) is 14.9 Å². The van der Waals surface area contributed by atoms with Crippen LogP contribution in [-0.4, -0.2) is 27.3 Å². The van der Waals surface area contributed by atoms with Crippen LogP contribution in [0.5, 0.6) is 0 Å². The second kappa shape index (κ2) is 6.74. The van der Waals surface area contributed by atoms with Crippen molar-refractivity contribution in [3.8, 4) is 0 Å². The normalized spacial score (nSPS) is 16.6. The largest absolute Gasteiger partial charge is 0.360 e. The first kappa shape index (κ1) is 17.4. The molecular formula is C23H19N3O3. The molecule has 1 fully saturated rings. The molecule has 1 aliphatic heterocycles. The van der Waals surface area contributed by atoms with E-state index in [9.17, 15) is 14.9 Å². The molecule has 1 saturated heterocycles. The number of benzene rings is 3. The van der Waals surface area contributed by atoms with Crippen LogP contribution in [0.4, 0.5) is 5.69 Å². The van der Waals surface area contributed by atoms with E-state index in [-0.39, 0.29) is 17.6 Å². The Labute approximate surface area is 166 Å². The summed E-state index contributed by atoms with van der Waals surface area (Å²) in [7, 11) is 0. The highest BCUT2D eigenvalue weighted by molar-refractivity contribution is 6.07. The van der Waals surface area contributed by atoms with E-state index in [4.69, 9.17) is 0 Å². The van der Waals surface area contributed by atoms with Crippen molar-refractivity contribution in [2.75, 3.05) is 6.54 Å². The molecule has 3 aromatic carbocycles. The van der Waals surface area contributed by atoms with Crippen molar-refractivity contribution < 1.29 is 9.72 Å². The predicted molar refractivity (Wildman–Crippen MR) is 112 cm³/mol. The van der Waals surface area contributed by atoms with E-state index in [1.54, 1.807) is 12.3 Å². The van der Waals surface area contributed by atoms with Gasteiger partial charge < -0.3 is 9.88 Å². The number of hydrogen-bond donors (Lipinski definition) is 1. The van der Waals surface area contributed by atoms with E-state index in [1.807, 2.05) is 23.1 Å². The summed E-state index contributed by atoms with van der Waals surface area (Å²) in [5, 5.41) is 14.1. The first-order valence-electron chi connectivity index (χ1n) is 9.67. The molecule has 6 heteroatoms. The fraction of sp³-hybridized carbons (Fsp3) is 0.174. The molecule has 4 aromatic rings. The fourth-order valence-electron chi connectivity index (χ4n) is 4.43. The van der Waals surface area contributed by atoms with Crippen molar-refractivity contribution in [1.82, 2.24) is 9.88 Å². The minimum atomic E-state index is -0.435. The third kappa shape index (κ3) is 2.84. The Kier molecular flexibility index (Phi) is 4.05. The van der Waals surface area contributed by atoms with E-state index in [0.717, 1.165) is 34.7 Å². The van der Waals surface area contributed by atoms with Crippen molar-refractivity contribution in [3.05, 3.63) is 88.1 Å². The van der Waals surface area contributed by atoms with Gasteiger partial charge in [0.15, 0.2) is 0 Å². The van der Waals surface area contributed by atoms with Crippen LogP contribution in [-0.2, 0) is 0 Å². The number of amides is 1. The molecule has 29 heavy (non-hydrogen) atoms. The monoisotopic (exact) mass is 385 g/mol. The number of likely N-dealkylation sites (tertiary alicyclic amines) is 1. The maximum Gasteiger partial charge on any atom is 0.270 e. The lowest BCUT2D eigenvalue weighted by atomic mass is 9.97. The average Bonchev–Trinajstić information content (AvgIpc) is 3.39. The number of fused-ring (bicyclic) bond motifs is 2. The van der Waals surface area contributed by atoms with Gasteiger partial charge >= 0.3 is 0 Å². The van der Waals surface area contributed by atoms with Gasteiger partial charge in [0.05, 0.1) is 16.5 Å². The summed E-state index contributed by atoms with van der Waals surface area (Å²) in [5.41, 5.74) is 2.34. The molecule has 1 N–H and O–H groups in total. The SMILES string of the molecule is O=C(c1c[nH]c2ccc([N+](=O)[O-])cc12)N1CCCC1c1cccc2ccccc12. The van der Waals surface area contributed by atoms with Crippen molar-refractivity contribution >= 4 is 33.3 Å². The van der Waals surface area contributed by atoms with Gasteiger partial charge in [0.2, 0.25) is 0 Å². The molecular weight excluding hydrogens is 366 g/mol. The van der Waals surface area contributed by atoms with Gasteiger partial charge in [-0.1, -0.05) is 42.5 Å². The van der Waals surface area contributed by atoms with Gasteiger partial charge in [0.25, 0.3) is 11.6 Å². The van der Waals surface area contributed by atoms with Crippen LogP contribution in [0.1, 0.15) is 34.8 Å². The smallest absolute Gasteiger partial charge is 0.270 e. The minimum Gasteiger partial charge on any atom is -0.360 e. The van der Waals surface area contributed by atoms with Gasteiger partial charge in [0.1, 0.15) is 0 Å². The van der Waals surface area contributed by atoms with Crippen LogP contribution < -0.4 is 0 Å². The highest BCUT2D eigenvalue weighted by atomic mass is 16.6. The van der Waals surface area contributed by atoms with E-state index >= 15 is 0 Å². The number of hydrogen-bond acceptors (Lipinski definition) is 3. The van der Waals surface area contributed by atoms with Gasteiger partial charge in [-0.2, -0.15) is 0 Å². The molecule has 0 aliphatic carbocycles. The number of aromatic nitrogens is 1. The number of H-pyrrole nitrogens is 1. The Morgan fingerprint density at radius 1 is 1.07 bits per heavy atom. The number of nitro groups is 1. The van der Waals surface area contributed by atoms with Crippen molar-refractivity contribution in [2.24, 2.45) is 0 Å². The van der Waals surface area contributed by atoms with Gasteiger partial charge in [-0.15, -0.1) is 0 Å². The minimum absolute atomic E-state index is 0.00255. The molecule has 0 spiro atoms. The van der Waals surface area contributed by atoms with Crippen LogP contribution in [0.25, 0.3) is 21.7 Å². The highest BCUT2D eigenvalue weighted by Crippen LogP contribution is 2.37. The maximum atomic E-state index is 13.5. The van der Waals surface area contributed by atoms with Gasteiger partial charge in [-0.25, -0.2) is 0 Å². The summed E-state index contributed by atoms with van der Waals surface area (Å²) in [6, 6.07) is 19.0. The molecule has 1 aliphatic rings. The first-order valence-corrected chi connectivity index (χ1v) is 9.67. The zero-order valence-corrected chi connectivity index (χ0v) is 15.7. The number of nitro benzene ring substituents is 1. The zero-order chi connectivity index (χ0) is 20.0. The number of nitrogens with one attached hydrogen (secondary N) is 1. The number of nitrogens with zero attached hydrogens (tertiary/aromatic N) is 2. The lowest BCUT2D eigenvalue weighted by Crippen LogP contribution is -2.30. The third-order valence-electron chi connectivity index (χ3n) is 5.80. The van der Waals surface area contributed by atoms with E-state index in [2.05, 4.69) is 29.2 Å². The molecule has 5 rings (SSSR count). The van der Waals surface area contributed by atoms with E-state index in [0.29, 0.717) is 17.5 Å². The van der Waals surface area contributed by atoms with E-state index < -0.39 is 4.92 Å². The number of aromatic amines is 1. The molecule has 2 heterocycles. The lowest BCUT2D eigenvalue weighted by Gasteiger charge is -2.26. The maximum absolute atomic E-state index is 13.5. The Hall–Kier alpha value is -3.67. The summed E-state index contributed by atoms with van der Waals surface area (Å²) < 4.78 is 0. The summed E-state index contributed by atoms with van der Waals surface area (Å²) in [6.07, 6.45) is 3.50. The Balaban J connectivity index is 1.56. The molecule has 1 aromatic heterocycles. The number of rotatable bonds is 3. The van der Waals surface area contributed by atoms with Crippen LogP contribution in [0.2, 0.25) is 0 Å².